The number of ketones is 2. The molecule has 0 radical (unpaired) electrons. The fourth-order valence-corrected chi connectivity index (χ4v) is 4.50. The van der Waals surface area contributed by atoms with Crippen LogP contribution < -0.4 is 9.47 Å². The molecule has 6 rings (SSSR count). The second-order valence-electron chi connectivity index (χ2n) is 7.91. The van der Waals surface area contributed by atoms with Crippen LogP contribution >= 0.6 is 0 Å². The van der Waals surface area contributed by atoms with Gasteiger partial charge in [-0.1, -0.05) is 78.9 Å². The van der Waals surface area contributed by atoms with E-state index < -0.39 is 5.78 Å². The van der Waals surface area contributed by atoms with E-state index in [2.05, 4.69) is 0 Å². The molecule has 1 aliphatic carbocycles. The normalized spacial score (nSPS) is 12.5. The molecule has 1 aromatic heterocycles. The first-order valence-corrected chi connectivity index (χ1v) is 10.7. The number of benzene rings is 4. The van der Waals surface area contributed by atoms with Crippen molar-refractivity contribution in [3.05, 3.63) is 107 Å². The summed E-state index contributed by atoms with van der Waals surface area (Å²) < 4.78 is 17.6. The average molecular weight is 448 g/mol. The maximum Gasteiger partial charge on any atom is 0.298 e. The predicted octanol–water partition coefficient (Wildman–Crippen LogP) is 5.48. The first-order chi connectivity index (χ1) is 16.7. The van der Waals surface area contributed by atoms with Gasteiger partial charge in [0.05, 0.1) is 10.9 Å². The molecule has 1 heterocycles. The molecule has 0 aliphatic heterocycles. The fourth-order valence-electron chi connectivity index (χ4n) is 4.50. The average Bonchev–Trinajstić information content (AvgIpc) is 3.29. The van der Waals surface area contributed by atoms with Gasteiger partial charge in [0.1, 0.15) is 12.2 Å². The van der Waals surface area contributed by atoms with Crippen molar-refractivity contribution in [2.45, 2.75) is 6.61 Å². The first kappa shape index (κ1) is 19.9. The zero-order chi connectivity index (χ0) is 23.2. The van der Waals surface area contributed by atoms with E-state index in [1.807, 2.05) is 54.6 Å². The fraction of sp³-hybridized carbons (Fsp3) is 0.0357. The smallest absolute Gasteiger partial charge is 0.298 e. The van der Waals surface area contributed by atoms with Gasteiger partial charge in [-0.25, -0.2) is 0 Å². The van der Waals surface area contributed by atoms with Gasteiger partial charge in [0.15, 0.2) is 23.0 Å². The summed E-state index contributed by atoms with van der Waals surface area (Å²) in [4.78, 5) is 38.3. The number of hydrogen-bond donors (Lipinski definition) is 0. The zero-order valence-electron chi connectivity index (χ0n) is 17.7. The third-order valence-corrected chi connectivity index (χ3v) is 6.00. The Labute approximate surface area is 193 Å². The Kier molecular flexibility index (Phi) is 4.52. The summed E-state index contributed by atoms with van der Waals surface area (Å²) in [6.45, 7) is 0.489. The van der Waals surface area contributed by atoms with E-state index in [-0.39, 0.29) is 52.4 Å². The molecular formula is C28H16O6. The molecule has 0 amide bonds. The van der Waals surface area contributed by atoms with Crippen molar-refractivity contribution in [2.75, 3.05) is 0 Å². The van der Waals surface area contributed by atoms with Crippen molar-refractivity contribution in [3.8, 4) is 11.5 Å². The van der Waals surface area contributed by atoms with E-state index in [9.17, 15) is 14.4 Å². The van der Waals surface area contributed by atoms with Gasteiger partial charge in [0.25, 0.3) is 6.47 Å². The summed E-state index contributed by atoms with van der Waals surface area (Å²) in [5, 5.41) is 1.51. The van der Waals surface area contributed by atoms with E-state index in [0.29, 0.717) is 22.1 Å². The lowest BCUT2D eigenvalue weighted by Crippen LogP contribution is -2.19. The standard InChI is InChI=1S/C28H16O6/c29-15-33-28-22-21-23(30)17-10-4-5-11-18(17)24(31)27(21)34-25(22)19-12-6-7-13-20(19)26(28)32-14-16-8-2-1-3-9-16/h1-13,15H,14H2. The minimum atomic E-state index is -0.394. The van der Waals surface area contributed by atoms with Crippen LogP contribution in [0.25, 0.3) is 21.7 Å². The first-order valence-electron chi connectivity index (χ1n) is 10.7. The molecule has 164 valence electrons. The van der Waals surface area contributed by atoms with Gasteiger partial charge in [-0.05, 0) is 5.56 Å². The Balaban J connectivity index is 1.66. The summed E-state index contributed by atoms with van der Waals surface area (Å²) in [5.41, 5.74) is 1.84. The zero-order valence-corrected chi connectivity index (χ0v) is 17.7. The highest BCUT2D eigenvalue weighted by molar-refractivity contribution is 6.33. The van der Waals surface area contributed by atoms with Crippen LogP contribution in [0, 0.1) is 0 Å². The monoisotopic (exact) mass is 448 g/mol. The number of ether oxygens (including phenoxy) is 2. The van der Waals surface area contributed by atoms with E-state index in [1.54, 1.807) is 24.3 Å². The summed E-state index contributed by atoms with van der Waals surface area (Å²) in [7, 11) is 0. The lowest BCUT2D eigenvalue weighted by molar-refractivity contribution is -0.120. The highest BCUT2D eigenvalue weighted by Crippen LogP contribution is 2.48. The number of carbonyl (C=O) groups is 3. The maximum absolute atomic E-state index is 13.5. The highest BCUT2D eigenvalue weighted by atomic mass is 16.5. The van der Waals surface area contributed by atoms with Crippen LogP contribution in [0.1, 0.15) is 37.6 Å². The molecule has 0 N–H and O–H groups in total. The van der Waals surface area contributed by atoms with Gasteiger partial charge in [0.2, 0.25) is 5.78 Å². The molecule has 0 saturated heterocycles. The van der Waals surface area contributed by atoms with Crippen LogP contribution in [0.15, 0.2) is 83.3 Å². The van der Waals surface area contributed by atoms with Crippen molar-refractivity contribution >= 4 is 39.8 Å². The molecule has 0 spiro atoms. The van der Waals surface area contributed by atoms with Gasteiger partial charge < -0.3 is 13.9 Å². The molecule has 0 bridgehead atoms. The predicted molar refractivity (Wildman–Crippen MR) is 124 cm³/mol. The molecule has 4 aromatic carbocycles. The molecule has 6 nitrogen and oxygen atoms in total. The highest BCUT2D eigenvalue weighted by Gasteiger charge is 2.38. The van der Waals surface area contributed by atoms with Crippen LogP contribution in [0.2, 0.25) is 0 Å². The van der Waals surface area contributed by atoms with Crippen molar-refractivity contribution < 1.29 is 28.3 Å². The number of furan rings is 1. The van der Waals surface area contributed by atoms with Crippen molar-refractivity contribution in [1.29, 1.82) is 0 Å². The molecular weight excluding hydrogens is 432 g/mol. The van der Waals surface area contributed by atoms with Gasteiger partial charge in [-0.15, -0.1) is 0 Å². The van der Waals surface area contributed by atoms with Crippen LogP contribution in [0.3, 0.4) is 0 Å². The summed E-state index contributed by atoms with van der Waals surface area (Å²) >= 11 is 0. The second kappa shape index (κ2) is 7.71. The maximum atomic E-state index is 13.5. The van der Waals surface area contributed by atoms with Crippen LogP contribution in [0.4, 0.5) is 0 Å². The van der Waals surface area contributed by atoms with Crippen molar-refractivity contribution in [2.24, 2.45) is 0 Å². The third-order valence-electron chi connectivity index (χ3n) is 6.00. The lowest BCUT2D eigenvalue weighted by atomic mass is 9.86. The Morgan fingerprint density at radius 2 is 1.38 bits per heavy atom. The van der Waals surface area contributed by atoms with Crippen molar-refractivity contribution in [3.63, 3.8) is 0 Å². The van der Waals surface area contributed by atoms with Gasteiger partial charge in [-0.3, -0.25) is 14.4 Å². The SMILES string of the molecule is O=COc1c(OCc2ccccc2)c2ccccc2c2oc3c(c12)C(=O)c1ccccc1C3=O. The van der Waals surface area contributed by atoms with E-state index in [4.69, 9.17) is 13.9 Å². The Morgan fingerprint density at radius 1 is 0.735 bits per heavy atom. The largest absolute Gasteiger partial charge is 0.484 e. The molecule has 6 heteroatoms. The van der Waals surface area contributed by atoms with Crippen LogP contribution in [0.5, 0.6) is 11.5 Å². The summed E-state index contributed by atoms with van der Waals surface area (Å²) in [6, 6.07) is 23.4. The van der Waals surface area contributed by atoms with Gasteiger partial charge in [-0.2, -0.15) is 0 Å². The summed E-state index contributed by atoms with van der Waals surface area (Å²) in [5.74, 6) is -0.495. The van der Waals surface area contributed by atoms with Gasteiger partial charge >= 0.3 is 0 Å². The molecule has 5 aromatic rings. The van der Waals surface area contributed by atoms with Crippen molar-refractivity contribution in [1.82, 2.24) is 0 Å². The lowest BCUT2D eigenvalue weighted by Gasteiger charge is -2.16. The Bertz CT molecular complexity index is 1630. The van der Waals surface area contributed by atoms with E-state index in [1.165, 1.54) is 0 Å². The second-order valence-corrected chi connectivity index (χ2v) is 7.91. The Morgan fingerprint density at radius 3 is 2.12 bits per heavy atom. The third kappa shape index (κ3) is 2.85. The number of fused-ring (bicyclic) bond motifs is 6. The topological polar surface area (TPSA) is 82.8 Å². The minimum absolute atomic E-state index is 0.0464. The molecule has 0 saturated carbocycles. The number of carbonyl (C=O) groups excluding carboxylic acids is 3. The Hall–Kier alpha value is -4.71. The molecule has 1 aliphatic rings. The van der Waals surface area contributed by atoms with E-state index >= 15 is 0 Å². The molecule has 0 fully saturated rings. The quantitative estimate of drug-likeness (QED) is 0.325. The molecule has 0 unspecified atom stereocenters. The van der Waals surface area contributed by atoms with Crippen LogP contribution in [-0.2, 0) is 11.4 Å². The number of hydrogen-bond acceptors (Lipinski definition) is 6. The van der Waals surface area contributed by atoms with Gasteiger partial charge in [0, 0.05) is 21.9 Å². The molecule has 0 atom stereocenters. The van der Waals surface area contributed by atoms with Crippen LogP contribution in [-0.4, -0.2) is 18.0 Å². The molecule has 34 heavy (non-hydrogen) atoms. The minimum Gasteiger partial charge on any atom is -0.484 e. The van der Waals surface area contributed by atoms with E-state index in [0.717, 1.165) is 5.56 Å². The number of rotatable bonds is 5. The summed E-state index contributed by atoms with van der Waals surface area (Å²) in [6.07, 6.45) is 0.